The van der Waals surface area contributed by atoms with Gasteiger partial charge < -0.3 is 8.98 Å². The molecule has 2 nitrogen and oxygen atoms in total. The third kappa shape index (κ3) is 2.68. The summed E-state index contributed by atoms with van der Waals surface area (Å²) in [7, 11) is 0. The van der Waals surface area contributed by atoms with Crippen molar-refractivity contribution < 1.29 is 4.42 Å². The molecule has 11 rings (SSSR count). The molecule has 2 heteroatoms. The van der Waals surface area contributed by atoms with Crippen LogP contribution in [-0.4, -0.2) is 4.57 Å². The third-order valence-corrected chi connectivity index (χ3v) is 9.89. The number of fused-ring (bicyclic) bond motifs is 13. The van der Waals surface area contributed by atoms with Gasteiger partial charge >= 0.3 is 0 Å². The van der Waals surface area contributed by atoms with E-state index in [0.29, 0.717) is 0 Å². The zero-order chi connectivity index (χ0) is 28.5. The number of hydrogen-bond donors (Lipinski definition) is 0. The second-order valence-electron chi connectivity index (χ2n) is 12.0. The van der Waals surface area contributed by atoms with Gasteiger partial charge in [-0.2, -0.15) is 0 Å². The minimum absolute atomic E-state index is 0.924. The molecule has 2 heterocycles. The van der Waals surface area contributed by atoms with E-state index in [-0.39, 0.29) is 0 Å². The standard InChI is InChI=1S/C42H23NO/c1-3-12-27-25(10-1)30-16-9-17-31-26-11-2-4-13-28(26)35-23-24(22-34(27)40(35)39(30)31)43-36-18-7-5-15-33(36)41-37(43)21-20-32-29-14-6-8-19-38(29)44-42(32)41/h1-23H. The van der Waals surface area contributed by atoms with Crippen LogP contribution in [0.2, 0.25) is 0 Å². The van der Waals surface area contributed by atoms with Gasteiger partial charge in [-0.15, -0.1) is 0 Å². The van der Waals surface area contributed by atoms with E-state index in [9.17, 15) is 0 Å². The van der Waals surface area contributed by atoms with Crippen LogP contribution >= 0.6 is 0 Å². The molecule has 0 aliphatic heterocycles. The number of hydrogen-bond acceptors (Lipinski definition) is 1. The Kier molecular flexibility index (Phi) is 4.10. The van der Waals surface area contributed by atoms with Crippen molar-refractivity contribution in [2.75, 3.05) is 0 Å². The van der Waals surface area contributed by atoms with Gasteiger partial charge in [-0.1, -0.05) is 103 Å². The summed E-state index contributed by atoms with van der Waals surface area (Å²) in [5.74, 6) is 0. The maximum absolute atomic E-state index is 6.58. The highest BCUT2D eigenvalue weighted by atomic mass is 16.3. The lowest BCUT2D eigenvalue weighted by atomic mass is 9.86. The molecule has 0 saturated heterocycles. The molecule has 0 atom stereocenters. The molecule has 0 amide bonds. The van der Waals surface area contributed by atoms with Gasteiger partial charge in [-0.3, -0.25) is 0 Å². The van der Waals surface area contributed by atoms with Crippen molar-refractivity contribution >= 4 is 97.6 Å². The van der Waals surface area contributed by atoms with Crippen LogP contribution in [-0.2, 0) is 0 Å². The molecule has 0 N–H and O–H groups in total. The highest BCUT2D eigenvalue weighted by molar-refractivity contribution is 6.40. The van der Waals surface area contributed by atoms with Crippen molar-refractivity contribution in [3.05, 3.63) is 140 Å². The van der Waals surface area contributed by atoms with E-state index in [1.807, 2.05) is 6.07 Å². The molecule has 0 aliphatic carbocycles. The number of nitrogens with zero attached hydrogens (tertiary/aromatic N) is 1. The molecule has 0 aliphatic rings. The number of furan rings is 1. The highest BCUT2D eigenvalue weighted by Gasteiger charge is 2.21. The average molecular weight is 558 g/mol. The van der Waals surface area contributed by atoms with Crippen molar-refractivity contribution in [1.29, 1.82) is 0 Å². The summed E-state index contributed by atoms with van der Waals surface area (Å²) in [6.45, 7) is 0. The monoisotopic (exact) mass is 557 g/mol. The van der Waals surface area contributed by atoms with Gasteiger partial charge in [0.15, 0.2) is 0 Å². The minimum atomic E-state index is 0.924. The lowest BCUT2D eigenvalue weighted by molar-refractivity contribution is 0.673. The van der Waals surface area contributed by atoms with Crippen LogP contribution in [0.25, 0.3) is 103 Å². The molecule has 0 fully saturated rings. The predicted octanol–water partition coefficient (Wildman–Crippen LogP) is 11.9. The van der Waals surface area contributed by atoms with Crippen LogP contribution in [0, 0.1) is 0 Å². The third-order valence-electron chi connectivity index (χ3n) is 9.89. The molecule has 44 heavy (non-hydrogen) atoms. The Bertz CT molecular complexity index is 2890. The second-order valence-corrected chi connectivity index (χ2v) is 12.0. The Morgan fingerprint density at radius 1 is 0.341 bits per heavy atom. The van der Waals surface area contributed by atoms with Crippen LogP contribution in [0.1, 0.15) is 0 Å². The van der Waals surface area contributed by atoms with Crippen molar-refractivity contribution in [3.63, 3.8) is 0 Å². The van der Waals surface area contributed by atoms with Crippen LogP contribution < -0.4 is 0 Å². The molecular formula is C42H23NO. The van der Waals surface area contributed by atoms with Crippen molar-refractivity contribution in [3.8, 4) is 5.69 Å². The van der Waals surface area contributed by atoms with E-state index >= 15 is 0 Å². The maximum Gasteiger partial charge on any atom is 0.145 e. The molecule has 0 unspecified atom stereocenters. The Balaban J connectivity index is 1.38. The topological polar surface area (TPSA) is 18.1 Å². The van der Waals surface area contributed by atoms with Crippen LogP contribution in [0.3, 0.4) is 0 Å². The minimum Gasteiger partial charge on any atom is -0.455 e. The van der Waals surface area contributed by atoms with Crippen LogP contribution in [0.5, 0.6) is 0 Å². The normalized spacial score (nSPS) is 12.5. The molecule has 0 bridgehead atoms. The second kappa shape index (κ2) is 7.94. The summed E-state index contributed by atoms with van der Waals surface area (Å²) in [6.07, 6.45) is 0. The fourth-order valence-corrected chi connectivity index (χ4v) is 8.14. The first-order valence-electron chi connectivity index (χ1n) is 15.2. The van der Waals surface area contributed by atoms with Crippen LogP contribution in [0.15, 0.2) is 144 Å². The van der Waals surface area contributed by atoms with Gasteiger partial charge in [0, 0.05) is 21.8 Å². The predicted molar refractivity (Wildman–Crippen MR) is 187 cm³/mol. The first-order valence-corrected chi connectivity index (χ1v) is 15.2. The van der Waals surface area contributed by atoms with Gasteiger partial charge in [0.05, 0.1) is 16.4 Å². The lowest BCUT2D eigenvalue weighted by Crippen LogP contribution is -1.96. The maximum atomic E-state index is 6.58. The Labute approximate surface area is 251 Å². The Hall–Kier alpha value is -5.86. The van der Waals surface area contributed by atoms with Gasteiger partial charge in [0.25, 0.3) is 0 Å². The average Bonchev–Trinajstić information content (AvgIpc) is 3.63. The number of rotatable bonds is 1. The summed E-state index contributed by atoms with van der Waals surface area (Å²) < 4.78 is 9.02. The van der Waals surface area contributed by atoms with Crippen molar-refractivity contribution in [2.45, 2.75) is 0 Å². The SMILES string of the molecule is c1ccc2c(c1)oc1c2ccc2c1c1ccccc1n2-c1cc2c3ccccc3c3cccc4c5ccccc5c(c1)c2c34. The fraction of sp³-hybridized carbons (Fsp3) is 0. The van der Waals surface area contributed by atoms with Crippen molar-refractivity contribution in [1.82, 2.24) is 4.57 Å². The molecule has 0 spiro atoms. The number of para-hydroxylation sites is 2. The first-order chi connectivity index (χ1) is 21.8. The van der Waals surface area contributed by atoms with E-state index < -0.39 is 0 Å². The summed E-state index contributed by atoms with van der Waals surface area (Å²) in [4.78, 5) is 0. The highest BCUT2D eigenvalue weighted by Crippen LogP contribution is 2.47. The first kappa shape index (κ1) is 22.7. The van der Waals surface area contributed by atoms with Gasteiger partial charge in [-0.05, 0) is 90.3 Å². The molecule has 2 aromatic heterocycles. The summed E-state index contributed by atoms with van der Waals surface area (Å²) in [5.41, 5.74) is 5.36. The Morgan fingerprint density at radius 2 is 0.864 bits per heavy atom. The van der Waals surface area contributed by atoms with E-state index in [2.05, 4.69) is 138 Å². The summed E-state index contributed by atoms with van der Waals surface area (Å²) in [6, 6.07) is 51.0. The van der Waals surface area contributed by atoms with Crippen LogP contribution in [0.4, 0.5) is 0 Å². The van der Waals surface area contributed by atoms with E-state index in [4.69, 9.17) is 4.42 Å². The van der Waals surface area contributed by atoms with Gasteiger partial charge in [0.2, 0.25) is 0 Å². The lowest BCUT2D eigenvalue weighted by Gasteiger charge is -2.19. The van der Waals surface area contributed by atoms with E-state index in [1.54, 1.807) is 0 Å². The zero-order valence-corrected chi connectivity index (χ0v) is 23.6. The van der Waals surface area contributed by atoms with E-state index in [1.165, 1.54) is 64.8 Å². The van der Waals surface area contributed by atoms with E-state index in [0.717, 1.165) is 38.5 Å². The molecule has 0 radical (unpaired) electrons. The van der Waals surface area contributed by atoms with Gasteiger partial charge in [0.1, 0.15) is 11.2 Å². The smallest absolute Gasteiger partial charge is 0.145 e. The van der Waals surface area contributed by atoms with Gasteiger partial charge in [-0.25, -0.2) is 0 Å². The molecule has 202 valence electrons. The number of aromatic nitrogens is 1. The molecule has 0 saturated carbocycles. The molecule has 11 aromatic rings. The zero-order valence-electron chi connectivity index (χ0n) is 23.6. The fourth-order valence-electron chi connectivity index (χ4n) is 8.14. The summed E-state index contributed by atoms with van der Waals surface area (Å²) >= 11 is 0. The molecular weight excluding hydrogens is 534 g/mol. The molecule has 9 aromatic carbocycles. The Morgan fingerprint density at radius 3 is 1.55 bits per heavy atom. The summed E-state index contributed by atoms with van der Waals surface area (Å²) in [5, 5.41) is 17.8. The number of benzene rings is 9. The quantitative estimate of drug-likeness (QED) is 0.145. The largest absolute Gasteiger partial charge is 0.455 e. The van der Waals surface area contributed by atoms with Crippen molar-refractivity contribution in [2.24, 2.45) is 0 Å².